The van der Waals surface area contributed by atoms with Gasteiger partial charge in [0.25, 0.3) is 5.91 Å². The van der Waals surface area contributed by atoms with Crippen LogP contribution in [0.2, 0.25) is 5.02 Å². The van der Waals surface area contributed by atoms with E-state index in [4.69, 9.17) is 16.1 Å². The largest absolute Gasteiger partial charge is 0.355 e. The Hall–Kier alpha value is -3.03. The zero-order valence-electron chi connectivity index (χ0n) is 15.1. The third-order valence-corrected chi connectivity index (χ3v) is 5.84. The SMILES string of the molecule is O=C(Nc1c2c(nn1-c1cccc(Cl)c1)CSC2)c1cc(-c2ccccc2)on1. The third kappa shape index (κ3) is 3.43. The zero-order valence-corrected chi connectivity index (χ0v) is 16.7. The van der Waals surface area contributed by atoms with Gasteiger partial charge in [-0.05, 0) is 18.2 Å². The van der Waals surface area contributed by atoms with E-state index in [1.54, 1.807) is 28.6 Å². The number of anilines is 1. The Bertz CT molecular complexity index is 1200. The highest BCUT2D eigenvalue weighted by Gasteiger charge is 2.26. The van der Waals surface area contributed by atoms with Crippen LogP contribution in [0.15, 0.2) is 65.2 Å². The summed E-state index contributed by atoms with van der Waals surface area (Å²) in [5.41, 5.74) is 3.85. The number of nitrogens with one attached hydrogen (secondary N) is 1. The highest BCUT2D eigenvalue weighted by atomic mass is 35.5. The van der Waals surface area contributed by atoms with Gasteiger partial charge in [0.15, 0.2) is 11.5 Å². The highest BCUT2D eigenvalue weighted by Crippen LogP contribution is 2.36. The van der Waals surface area contributed by atoms with Crippen LogP contribution in [0.25, 0.3) is 17.0 Å². The number of carbonyl (C=O) groups is 1. The summed E-state index contributed by atoms with van der Waals surface area (Å²) in [4.78, 5) is 12.9. The predicted octanol–water partition coefficient (Wildman–Crippen LogP) is 5.18. The number of rotatable bonds is 4. The predicted molar refractivity (Wildman–Crippen MR) is 113 cm³/mol. The van der Waals surface area contributed by atoms with Crippen LogP contribution in [0.1, 0.15) is 21.7 Å². The van der Waals surface area contributed by atoms with Crippen LogP contribution in [0.3, 0.4) is 0 Å². The molecule has 144 valence electrons. The van der Waals surface area contributed by atoms with Crippen molar-refractivity contribution in [2.75, 3.05) is 5.32 Å². The summed E-state index contributed by atoms with van der Waals surface area (Å²) in [6.07, 6.45) is 0. The van der Waals surface area contributed by atoms with E-state index in [1.165, 1.54) is 0 Å². The van der Waals surface area contributed by atoms with E-state index in [9.17, 15) is 4.79 Å². The molecule has 0 saturated carbocycles. The molecule has 2 aromatic heterocycles. The van der Waals surface area contributed by atoms with Crippen molar-refractivity contribution in [3.05, 3.63) is 82.6 Å². The first kappa shape index (κ1) is 18.0. The van der Waals surface area contributed by atoms with Crippen LogP contribution in [0.5, 0.6) is 0 Å². The molecule has 29 heavy (non-hydrogen) atoms. The summed E-state index contributed by atoms with van der Waals surface area (Å²) in [6, 6.07) is 18.6. The molecule has 1 amide bonds. The molecule has 1 aliphatic heterocycles. The smallest absolute Gasteiger partial charge is 0.279 e. The maximum atomic E-state index is 12.9. The lowest BCUT2D eigenvalue weighted by molar-refractivity contribution is 0.101. The van der Waals surface area contributed by atoms with Crippen molar-refractivity contribution < 1.29 is 9.32 Å². The van der Waals surface area contributed by atoms with Crippen molar-refractivity contribution >= 4 is 35.1 Å². The summed E-state index contributed by atoms with van der Waals surface area (Å²) >= 11 is 7.92. The van der Waals surface area contributed by atoms with Gasteiger partial charge in [-0.2, -0.15) is 16.9 Å². The summed E-state index contributed by atoms with van der Waals surface area (Å²) in [5.74, 6) is 2.44. The van der Waals surface area contributed by atoms with E-state index >= 15 is 0 Å². The molecule has 0 atom stereocenters. The fourth-order valence-electron chi connectivity index (χ4n) is 3.23. The minimum Gasteiger partial charge on any atom is -0.355 e. The highest BCUT2D eigenvalue weighted by molar-refractivity contribution is 7.98. The van der Waals surface area contributed by atoms with Crippen molar-refractivity contribution in [2.45, 2.75) is 11.5 Å². The van der Waals surface area contributed by atoms with Crippen LogP contribution >= 0.6 is 23.4 Å². The molecule has 0 radical (unpaired) electrons. The monoisotopic (exact) mass is 422 g/mol. The molecule has 6 nitrogen and oxygen atoms in total. The average Bonchev–Trinajstić information content (AvgIpc) is 3.46. The van der Waals surface area contributed by atoms with Crippen LogP contribution in [-0.4, -0.2) is 20.8 Å². The Balaban J connectivity index is 1.48. The van der Waals surface area contributed by atoms with Crippen molar-refractivity contribution in [2.24, 2.45) is 0 Å². The maximum Gasteiger partial charge on any atom is 0.279 e. The lowest BCUT2D eigenvalue weighted by Crippen LogP contribution is -2.16. The zero-order chi connectivity index (χ0) is 19.8. The van der Waals surface area contributed by atoms with E-state index in [0.29, 0.717) is 16.6 Å². The normalized spacial score (nSPS) is 12.7. The van der Waals surface area contributed by atoms with Gasteiger partial charge in [-0.1, -0.05) is 53.2 Å². The molecule has 1 aliphatic rings. The molecule has 0 bridgehead atoms. The van der Waals surface area contributed by atoms with Gasteiger partial charge in [-0.3, -0.25) is 4.79 Å². The van der Waals surface area contributed by atoms with E-state index in [-0.39, 0.29) is 11.6 Å². The molecule has 8 heteroatoms. The number of hydrogen-bond acceptors (Lipinski definition) is 5. The molecular weight excluding hydrogens is 408 g/mol. The summed E-state index contributed by atoms with van der Waals surface area (Å²) < 4.78 is 7.09. The minimum atomic E-state index is -0.348. The molecule has 1 N–H and O–H groups in total. The van der Waals surface area contributed by atoms with Crippen LogP contribution in [-0.2, 0) is 11.5 Å². The minimum absolute atomic E-state index is 0.210. The number of benzene rings is 2. The van der Waals surface area contributed by atoms with Gasteiger partial charge < -0.3 is 9.84 Å². The number of nitrogens with zero attached hydrogens (tertiary/aromatic N) is 3. The fraction of sp³-hybridized carbons (Fsp3) is 0.0952. The van der Waals surface area contributed by atoms with Crippen LogP contribution in [0.4, 0.5) is 5.82 Å². The van der Waals surface area contributed by atoms with Gasteiger partial charge in [0.1, 0.15) is 5.82 Å². The Morgan fingerprint density at radius 2 is 1.97 bits per heavy atom. The first-order chi connectivity index (χ1) is 14.2. The fourth-order valence-corrected chi connectivity index (χ4v) is 4.45. The third-order valence-electron chi connectivity index (χ3n) is 4.64. The molecule has 0 fully saturated rings. The molecule has 0 saturated heterocycles. The summed E-state index contributed by atoms with van der Waals surface area (Å²) in [6.45, 7) is 0. The number of hydrogen-bond donors (Lipinski definition) is 1. The Morgan fingerprint density at radius 3 is 2.79 bits per heavy atom. The van der Waals surface area contributed by atoms with E-state index in [2.05, 4.69) is 15.6 Å². The number of fused-ring (bicyclic) bond motifs is 1. The van der Waals surface area contributed by atoms with E-state index in [1.807, 2.05) is 48.5 Å². The number of thioether (sulfide) groups is 1. The topological polar surface area (TPSA) is 73.0 Å². The molecule has 2 aromatic carbocycles. The van der Waals surface area contributed by atoms with Crippen LogP contribution < -0.4 is 5.32 Å². The van der Waals surface area contributed by atoms with Gasteiger partial charge in [0.2, 0.25) is 0 Å². The van der Waals surface area contributed by atoms with E-state index in [0.717, 1.165) is 34.0 Å². The lowest BCUT2D eigenvalue weighted by Gasteiger charge is -2.10. The second-order valence-corrected chi connectivity index (χ2v) is 7.98. The van der Waals surface area contributed by atoms with E-state index < -0.39 is 0 Å². The molecule has 0 aliphatic carbocycles. The Morgan fingerprint density at radius 1 is 1.10 bits per heavy atom. The summed E-state index contributed by atoms with van der Waals surface area (Å²) in [7, 11) is 0. The first-order valence-electron chi connectivity index (χ1n) is 8.97. The second kappa shape index (κ2) is 7.42. The second-order valence-electron chi connectivity index (χ2n) is 6.55. The van der Waals surface area contributed by atoms with Gasteiger partial charge in [0, 0.05) is 33.7 Å². The van der Waals surface area contributed by atoms with Gasteiger partial charge in [0.05, 0.1) is 11.4 Å². The van der Waals surface area contributed by atoms with Crippen molar-refractivity contribution in [1.82, 2.24) is 14.9 Å². The first-order valence-corrected chi connectivity index (χ1v) is 10.5. The quantitative estimate of drug-likeness (QED) is 0.490. The molecule has 5 rings (SSSR count). The van der Waals surface area contributed by atoms with Gasteiger partial charge in [-0.25, -0.2) is 4.68 Å². The number of aromatic nitrogens is 3. The van der Waals surface area contributed by atoms with Crippen molar-refractivity contribution in [1.29, 1.82) is 0 Å². The molecule has 3 heterocycles. The molecule has 4 aromatic rings. The van der Waals surface area contributed by atoms with Crippen molar-refractivity contribution in [3.8, 4) is 17.0 Å². The van der Waals surface area contributed by atoms with Gasteiger partial charge in [-0.15, -0.1) is 0 Å². The molecule has 0 unspecified atom stereocenters. The number of carbonyl (C=O) groups excluding carboxylic acids is 1. The van der Waals surface area contributed by atoms with Crippen molar-refractivity contribution in [3.63, 3.8) is 0 Å². The Labute approximate surface area is 175 Å². The summed E-state index contributed by atoms with van der Waals surface area (Å²) in [5, 5.41) is 12.2. The van der Waals surface area contributed by atoms with Gasteiger partial charge >= 0.3 is 0 Å². The maximum absolute atomic E-state index is 12.9. The van der Waals surface area contributed by atoms with Crippen LogP contribution in [0, 0.1) is 0 Å². The Kier molecular flexibility index (Phi) is 4.61. The standard InChI is InChI=1S/C21H15ClN4O2S/c22-14-7-4-8-15(9-14)26-20(16-11-29-12-18(16)24-26)23-21(27)17-10-19(28-25-17)13-5-2-1-3-6-13/h1-10H,11-12H2,(H,23,27). The lowest BCUT2D eigenvalue weighted by atomic mass is 10.1. The molecule has 0 spiro atoms. The average molecular weight is 423 g/mol. The molecular formula is C21H15ClN4O2S. The number of halogens is 1. The number of amides is 1.